The molecule has 1 fully saturated rings. The van der Waals surface area contributed by atoms with E-state index in [4.69, 9.17) is 0 Å². The van der Waals surface area contributed by atoms with Gasteiger partial charge in [0.2, 0.25) is 0 Å². The number of thiazole rings is 1. The van der Waals surface area contributed by atoms with Gasteiger partial charge >= 0.3 is 0 Å². The molecule has 2 heterocycles. The minimum atomic E-state index is -3.32. The van der Waals surface area contributed by atoms with Gasteiger partial charge in [0.1, 0.15) is 0 Å². The fraction of sp³-hybridized carbons (Fsp3) is 0.667. The van der Waals surface area contributed by atoms with Crippen LogP contribution in [0.2, 0.25) is 0 Å². The molecular weight excluding hydrogens is 282 g/mol. The average molecular weight is 298 g/mol. The Morgan fingerprint density at radius 1 is 1.59 bits per heavy atom. The largest absolute Gasteiger partial charge is 0.312 e. The van der Waals surface area contributed by atoms with Gasteiger partial charge in [0, 0.05) is 25.7 Å². The molecule has 1 saturated heterocycles. The molecule has 1 aromatic heterocycles. The highest BCUT2D eigenvalue weighted by Crippen LogP contribution is 2.22. The topological polar surface area (TPSA) is 62.3 Å². The molecule has 5 nitrogen and oxygen atoms in total. The zero-order valence-electron chi connectivity index (χ0n) is 9.71. The van der Waals surface area contributed by atoms with Crippen LogP contribution in [-0.2, 0) is 10.0 Å². The van der Waals surface area contributed by atoms with Crippen molar-refractivity contribution in [2.24, 2.45) is 0 Å². The summed E-state index contributed by atoms with van der Waals surface area (Å²) < 4.78 is 26.3. The number of piperazine rings is 1. The van der Waals surface area contributed by atoms with E-state index >= 15 is 0 Å². The molecule has 0 aromatic carbocycles. The van der Waals surface area contributed by atoms with Crippen molar-refractivity contribution in [3.63, 3.8) is 0 Å². The maximum atomic E-state index is 12.2. The summed E-state index contributed by atoms with van der Waals surface area (Å²) in [4.78, 5) is 3.99. The normalized spacial score (nSPS) is 22.1. The fourth-order valence-corrected chi connectivity index (χ4v) is 4.50. The van der Waals surface area contributed by atoms with E-state index in [1.54, 1.807) is 0 Å². The van der Waals surface area contributed by atoms with Crippen LogP contribution in [0.25, 0.3) is 0 Å². The first kappa shape index (κ1) is 14.8. The van der Waals surface area contributed by atoms with Crippen molar-refractivity contribution >= 4 is 33.8 Å². The summed E-state index contributed by atoms with van der Waals surface area (Å²) >= 11 is 1.23. The second-order valence-corrected chi connectivity index (χ2v) is 7.32. The number of rotatable bonds is 2. The SMILES string of the molecule is Cc1ncc(S(=O)(=O)N2CCN[C@@H](C)C2)s1.Cl. The van der Waals surface area contributed by atoms with Gasteiger partial charge in [-0.2, -0.15) is 4.31 Å². The van der Waals surface area contributed by atoms with Gasteiger partial charge in [-0.3, -0.25) is 0 Å². The zero-order valence-corrected chi connectivity index (χ0v) is 12.2. The van der Waals surface area contributed by atoms with Crippen molar-refractivity contribution < 1.29 is 8.42 Å². The van der Waals surface area contributed by atoms with E-state index in [1.165, 1.54) is 21.8 Å². The standard InChI is InChI=1S/C9H15N3O2S2.ClH/c1-7-6-12(4-3-10-7)16(13,14)9-5-11-8(2)15-9;/h5,7,10H,3-4,6H2,1-2H3;1H/t7-;/m0./s1. The number of nitrogens with one attached hydrogen (secondary N) is 1. The molecule has 0 saturated carbocycles. The Bertz CT molecular complexity index is 474. The van der Waals surface area contributed by atoms with Crippen molar-refractivity contribution in [3.8, 4) is 0 Å². The first-order valence-corrected chi connectivity index (χ1v) is 7.42. The lowest BCUT2D eigenvalue weighted by molar-refractivity contribution is 0.310. The van der Waals surface area contributed by atoms with Crippen LogP contribution >= 0.6 is 23.7 Å². The van der Waals surface area contributed by atoms with E-state index in [9.17, 15) is 8.42 Å². The van der Waals surface area contributed by atoms with Crippen LogP contribution < -0.4 is 5.32 Å². The first-order chi connectivity index (χ1) is 7.50. The molecule has 1 aliphatic rings. The highest BCUT2D eigenvalue weighted by atomic mass is 35.5. The molecule has 98 valence electrons. The fourth-order valence-electron chi connectivity index (χ4n) is 1.70. The number of hydrogen-bond acceptors (Lipinski definition) is 5. The summed E-state index contributed by atoms with van der Waals surface area (Å²) in [6.07, 6.45) is 1.45. The number of hydrogen-bond donors (Lipinski definition) is 1. The predicted octanol–water partition coefficient (Wildman–Crippen LogP) is 0.856. The Hall–Kier alpha value is -0.210. The van der Waals surface area contributed by atoms with Crippen LogP contribution in [-0.4, -0.2) is 43.4 Å². The van der Waals surface area contributed by atoms with Gasteiger partial charge < -0.3 is 5.32 Å². The van der Waals surface area contributed by atoms with Crippen LogP contribution in [0.3, 0.4) is 0 Å². The minimum Gasteiger partial charge on any atom is -0.312 e. The molecule has 2 rings (SSSR count). The summed E-state index contributed by atoms with van der Waals surface area (Å²) in [6.45, 7) is 5.56. The van der Waals surface area contributed by atoms with Crippen molar-refractivity contribution in [2.75, 3.05) is 19.6 Å². The van der Waals surface area contributed by atoms with Crippen LogP contribution in [0.1, 0.15) is 11.9 Å². The minimum absolute atomic E-state index is 0. The monoisotopic (exact) mass is 297 g/mol. The third kappa shape index (κ3) is 3.17. The van der Waals surface area contributed by atoms with Gasteiger partial charge in [-0.05, 0) is 13.8 Å². The molecule has 8 heteroatoms. The van der Waals surface area contributed by atoms with Crippen molar-refractivity contribution in [2.45, 2.75) is 24.1 Å². The summed E-state index contributed by atoms with van der Waals surface area (Å²) in [5.41, 5.74) is 0. The van der Waals surface area contributed by atoms with E-state index in [1.807, 2.05) is 13.8 Å². The Morgan fingerprint density at radius 3 is 2.82 bits per heavy atom. The number of sulfonamides is 1. The van der Waals surface area contributed by atoms with E-state index < -0.39 is 10.0 Å². The maximum absolute atomic E-state index is 12.2. The molecule has 1 N–H and O–H groups in total. The second-order valence-electron chi connectivity index (χ2n) is 3.92. The van der Waals surface area contributed by atoms with E-state index in [0.717, 1.165) is 5.01 Å². The molecule has 1 atom stereocenters. The third-order valence-corrected chi connectivity index (χ3v) is 5.74. The lowest BCUT2D eigenvalue weighted by atomic mass is 10.3. The quantitative estimate of drug-likeness (QED) is 0.879. The van der Waals surface area contributed by atoms with Crippen molar-refractivity contribution in [3.05, 3.63) is 11.2 Å². The summed E-state index contributed by atoms with van der Waals surface area (Å²) in [7, 11) is -3.32. The average Bonchev–Trinajstić information content (AvgIpc) is 2.65. The van der Waals surface area contributed by atoms with Crippen LogP contribution in [0.5, 0.6) is 0 Å². The second kappa shape index (κ2) is 5.62. The summed E-state index contributed by atoms with van der Waals surface area (Å²) in [5, 5.41) is 4.00. The van der Waals surface area contributed by atoms with Crippen LogP contribution in [0.15, 0.2) is 10.4 Å². The molecule has 1 aromatic rings. The summed E-state index contributed by atoms with van der Waals surface area (Å²) in [5.74, 6) is 0. The molecule has 0 unspecified atom stereocenters. The van der Waals surface area contributed by atoms with Gasteiger partial charge in [-0.1, -0.05) is 0 Å². The number of aromatic nitrogens is 1. The number of halogens is 1. The Kier molecular flexibility index (Phi) is 4.91. The molecule has 1 aliphatic heterocycles. The number of nitrogens with zero attached hydrogens (tertiary/aromatic N) is 2. The highest BCUT2D eigenvalue weighted by Gasteiger charge is 2.29. The zero-order chi connectivity index (χ0) is 11.8. The molecule has 0 bridgehead atoms. The van der Waals surface area contributed by atoms with Crippen molar-refractivity contribution in [1.82, 2.24) is 14.6 Å². The number of aryl methyl sites for hydroxylation is 1. The Balaban J connectivity index is 0.00000144. The third-order valence-electron chi connectivity index (χ3n) is 2.53. The highest BCUT2D eigenvalue weighted by molar-refractivity contribution is 7.91. The lowest BCUT2D eigenvalue weighted by Gasteiger charge is -2.30. The van der Waals surface area contributed by atoms with Gasteiger partial charge in [0.25, 0.3) is 10.0 Å². The van der Waals surface area contributed by atoms with E-state index in [2.05, 4.69) is 10.3 Å². The van der Waals surface area contributed by atoms with E-state index in [0.29, 0.717) is 23.8 Å². The van der Waals surface area contributed by atoms with Gasteiger partial charge in [-0.25, -0.2) is 13.4 Å². The predicted molar refractivity (Wildman–Crippen MR) is 70.3 cm³/mol. The van der Waals surface area contributed by atoms with Gasteiger partial charge in [-0.15, -0.1) is 23.7 Å². The van der Waals surface area contributed by atoms with Crippen molar-refractivity contribution in [1.29, 1.82) is 0 Å². The lowest BCUT2D eigenvalue weighted by Crippen LogP contribution is -2.51. The first-order valence-electron chi connectivity index (χ1n) is 5.16. The van der Waals surface area contributed by atoms with Crippen LogP contribution in [0.4, 0.5) is 0 Å². The Morgan fingerprint density at radius 2 is 2.29 bits per heavy atom. The van der Waals surface area contributed by atoms with Gasteiger partial charge in [0.15, 0.2) is 4.21 Å². The molecule has 0 amide bonds. The Labute approximate surface area is 112 Å². The van der Waals surface area contributed by atoms with E-state index in [-0.39, 0.29) is 18.4 Å². The molecular formula is C9H16ClN3O2S2. The molecule has 0 radical (unpaired) electrons. The van der Waals surface area contributed by atoms with Gasteiger partial charge in [0.05, 0.1) is 11.2 Å². The summed E-state index contributed by atoms with van der Waals surface area (Å²) in [6, 6.07) is 0.206. The molecule has 0 spiro atoms. The maximum Gasteiger partial charge on any atom is 0.254 e. The van der Waals surface area contributed by atoms with Crippen LogP contribution in [0, 0.1) is 6.92 Å². The smallest absolute Gasteiger partial charge is 0.254 e. The molecule has 17 heavy (non-hydrogen) atoms. The molecule has 0 aliphatic carbocycles.